The Labute approximate surface area is 172 Å². The Morgan fingerprint density at radius 1 is 1.14 bits per heavy atom. The molecule has 0 bridgehead atoms. The molecule has 0 unspecified atom stereocenters. The van der Waals surface area contributed by atoms with Crippen molar-refractivity contribution < 1.29 is 9.72 Å². The second-order valence-corrected chi connectivity index (χ2v) is 7.88. The van der Waals surface area contributed by atoms with E-state index in [2.05, 4.69) is 26.1 Å². The molecule has 148 valence electrons. The standard InChI is InChI=1S/C20H23BrN4O3/c1-14-4-3-5-15(2)20(14)22-19(26)13-23-8-10-24(11-9-23)17-7-6-16(21)12-18(17)25(27)28/h3-7,12H,8-11,13H2,1-2H3,(H,22,26). The first-order chi connectivity index (χ1) is 13.3. The number of carbonyl (C=O) groups is 1. The number of nitrogens with one attached hydrogen (secondary N) is 1. The predicted molar refractivity (Wildman–Crippen MR) is 114 cm³/mol. The number of benzene rings is 2. The Morgan fingerprint density at radius 2 is 1.79 bits per heavy atom. The fourth-order valence-corrected chi connectivity index (χ4v) is 3.80. The molecule has 2 aromatic rings. The van der Waals surface area contributed by atoms with Crippen LogP contribution in [0.3, 0.4) is 0 Å². The molecule has 3 rings (SSSR count). The van der Waals surface area contributed by atoms with Gasteiger partial charge in [0.2, 0.25) is 5.91 Å². The van der Waals surface area contributed by atoms with Gasteiger partial charge >= 0.3 is 0 Å². The zero-order chi connectivity index (χ0) is 20.3. The third kappa shape index (κ3) is 4.69. The van der Waals surface area contributed by atoms with E-state index in [0.717, 1.165) is 16.8 Å². The summed E-state index contributed by atoms with van der Waals surface area (Å²) in [5, 5.41) is 14.4. The lowest BCUT2D eigenvalue weighted by Crippen LogP contribution is -2.48. The number of carbonyl (C=O) groups excluding carboxylic acids is 1. The van der Waals surface area contributed by atoms with Gasteiger partial charge in [0.1, 0.15) is 5.69 Å². The smallest absolute Gasteiger partial charge is 0.293 e. The van der Waals surface area contributed by atoms with Crippen LogP contribution in [0.15, 0.2) is 40.9 Å². The molecule has 0 aliphatic carbocycles. The quantitative estimate of drug-likeness (QED) is 0.558. The summed E-state index contributed by atoms with van der Waals surface area (Å²) in [7, 11) is 0. The van der Waals surface area contributed by atoms with E-state index in [-0.39, 0.29) is 16.5 Å². The monoisotopic (exact) mass is 446 g/mol. The maximum absolute atomic E-state index is 12.5. The first-order valence-corrected chi connectivity index (χ1v) is 9.92. The molecule has 7 nitrogen and oxygen atoms in total. The first kappa shape index (κ1) is 20.3. The van der Waals surface area contributed by atoms with Gasteiger partial charge in [-0.05, 0) is 37.1 Å². The van der Waals surface area contributed by atoms with Gasteiger partial charge in [-0.1, -0.05) is 34.1 Å². The van der Waals surface area contributed by atoms with Crippen molar-refractivity contribution in [2.24, 2.45) is 0 Å². The van der Waals surface area contributed by atoms with Gasteiger partial charge in [-0.3, -0.25) is 19.8 Å². The van der Waals surface area contributed by atoms with Crippen LogP contribution >= 0.6 is 15.9 Å². The Morgan fingerprint density at radius 3 is 2.39 bits per heavy atom. The molecule has 1 aliphatic heterocycles. The van der Waals surface area contributed by atoms with Gasteiger partial charge in [0.15, 0.2) is 0 Å². The number of amides is 1. The molecule has 0 atom stereocenters. The number of nitro benzene ring substituents is 1. The summed E-state index contributed by atoms with van der Waals surface area (Å²) in [6, 6.07) is 11.0. The molecule has 0 saturated carbocycles. The molecule has 8 heteroatoms. The van der Waals surface area contributed by atoms with Crippen molar-refractivity contribution in [2.45, 2.75) is 13.8 Å². The van der Waals surface area contributed by atoms with Gasteiger partial charge in [-0.2, -0.15) is 0 Å². The van der Waals surface area contributed by atoms with E-state index in [9.17, 15) is 14.9 Å². The van der Waals surface area contributed by atoms with Gasteiger partial charge in [-0.15, -0.1) is 0 Å². The number of nitrogens with zero attached hydrogens (tertiary/aromatic N) is 3. The summed E-state index contributed by atoms with van der Waals surface area (Å²) in [4.78, 5) is 27.5. The van der Waals surface area contributed by atoms with Gasteiger partial charge < -0.3 is 10.2 Å². The lowest BCUT2D eigenvalue weighted by atomic mass is 10.1. The fourth-order valence-electron chi connectivity index (χ4n) is 3.45. The average Bonchev–Trinajstić information content (AvgIpc) is 2.65. The van der Waals surface area contributed by atoms with Gasteiger partial charge in [0, 0.05) is 42.4 Å². The molecule has 0 spiro atoms. The highest BCUT2D eigenvalue weighted by atomic mass is 79.9. The maximum atomic E-state index is 12.5. The van der Waals surface area contributed by atoms with Crippen LogP contribution in [0.2, 0.25) is 0 Å². The number of aryl methyl sites for hydroxylation is 2. The molecule has 1 saturated heterocycles. The molecule has 2 aromatic carbocycles. The first-order valence-electron chi connectivity index (χ1n) is 9.12. The number of para-hydroxylation sites is 1. The van der Waals surface area contributed by atoms with Crippen molar-refractivity contribution in [3.8, 4) is 0 Å². The summed E-state index contributed by atoms with van der Waals surface area (Å²) >= 11 is 3.29. The number of halogens is 1. The fraction of sp³-hybridized carbons (Fsp3) is 0.350. The Balaban J connectivity index is 1.59. The lowest BCUT2D eigenvalue weighted by Gasteiger charge is -2.35. The minimum absolute atomic E-state index is 0.0412. The molecular weight excluding hydrogens is 424 g/mol. The maximum Gasteiger partial charge on any atom is 0.293 e. The summed E-state index contributed by atoms with van der Waals surface area (Å²) in [5.74, 6) is -0.0412. The van der Waals surface area contributed by atoms with Crippen LogP contribution in [0, 0.1) is 24.0 Å². The third-order valence-electron chi connectivity index (χ3n) is 4.96. The highest BCUT2D eigenvalue weighted by molar-refractivity contribution is 9.10. The zero-order valence-corrected chi connectivity index (χ0v) is 17.5. The van der Waals surface area contributed by atoms with Crippen molar-refractivity contribution in [3.63, 3.8) is 0 Å². The average molecular weight is 447 g/mol. The Kier molecular flexibility index (Phi) is 6.31. The van der Waals surface area contributed by atoms with E-state index < -0.39 is 0 Å². The normalized spacial score (nSPS) is 14.8. The van der Waals surface area contributed by atoms with Crippen LogP contribution < -0.4 is 10.2 Å². The van der Waals surface area contributed by atoms with Crippen molar-refractivity contribution >= 4 is 38.9 Å². The number of rotatable bonds is 5. The van der Waals surface area contributed by atoms with Crippen LogP contribution in [0.4, 0.5) is 17.1 Å². The van der Waals surface area contributed by atoms with Crippen molar-refractivity contribution in [3.05, 3.63) is 62.1 Å². The summed E-state index contributed by atoms with van der Waals surface area (Å²) in [6.07, 6.45) is 0. The molecule has 1 aliphatic rings. The van der Waals surface area contributed by atoms with E-state index in [1.54, 1.807) is 6.07 Å². The van der Waals surface area contributed by atoms with Crippen LogP contribution in [0.5, 0.6) is 0 Å². The second-order valence-electron chi connectivity index (χ2n) is 6.97. The number of hydrogen-bond acceptors (Lipinski definition) is 5. The van der Waals surface area contributed by atoms with Crippen molar-refractivity contribution in [1.29, 1.82) is 0 Å². The summed E-state index contributed by atoms with van der Waals surface area (Å²) in [5.41, 5.74) is 3.67. The number of anilines is 2. The summed E-state index contributed by atoms with van der Waals surface area (Å²) in [6.45, 7) is 6.89. The van der Waals surface area contributed by atoms with Crippen LogP contribution in [-0.2, 0) is 4.79 Å². The largest absolute Gasteiger partial charge is 0.363 e. The minimum atomic E-state index is -0.357. The molecule has 1 N–H and O–H groups in total. The van der Waals surface area contributed by atoms with Gasteiger partial charge in [0.05, 0.1) is 11.5 Å². The molecule has 28 heavy (non-hydrogen) atoms. The SMILES string of the molecule is Cc1cccc(C)c1NC(=O)CN1CCN(c2ccc(Br)cc2[N+](=O)[O-])CC1. The topological polar surface area (TPSA) is 78.7 Å². The van der Waals surface area contributed by atoms with Crippen LogP contribution in [0.25, 0.3) is 0 Å². The van der Waals surface area contributed by atoms with Gasteiger partial charge in [-0.25, -0.2) is 0 Å². The highest BCUT2D eigenvalue weighted by Crippen LogP contribution is 2.31. The molecule has 0 aromatic heterocycles. The Bertz CT molecular complexity index is 875. The van der Waals surface area contributed by atoms with Gasteiger partial charge in [0.25, 0.3) is 5.69 Å². The number of hydrogen-bond donors (Lipinski definition) is 1. The van der Waals surface area contributed by atoms with E-state index in [4.69, 9.17) is 0 Å². The minimum Gasteiger partial charge on any atom is -0.363 e. The third-order valence-corrected chi connectivity index (χ3v) is 5.45. The van der Waals surface area contributed by atoms with E-state index >= 15 is 0 Å². The molecule has 1 amide bonds. The zero-order valence-electron chi connectivity index (χ0n) is 15.9. The molecule has 1 heterocycles. The van der Waals surface area contributed by atoms with Crippen LogP contribution in [-0.4, -0.2) is 48.5 Å². The predicted octanol–water partition coefficient (Wildman–Crippen LogP) is 3.73. The van der Waals surface area contributed by atoms with E-state index in [1.807, 2.05) is 43.0 Å². The summed E-state index contributed by atoms with van der Waals surface area (Å²) < 4.78 is 0.685. The van der Waals surface area contributed by atoms with Crippen molar-refractivity contribution in [1.82, 2.24) is 4.90 Å². The number of nitro groups is 1. The molecule has 0 radical (unpaired) electrons. The molecule has 1 fully saturated rings. The number of piperazine rings is 1. The molecular formula is C20H23BrN4O3. The van der Waals surface area contributed by atoms with E-state index in [0.29, 0.717) is 42.9 Å². The Hall–Kier alpha value is -2.45. The van der Waals surface area contributed by atoms with Crippen molar-refractivity contribution in [2.75, 3.05) is 42.9 Å². The van der Waals surface area contributed by atoms with E-state index in [1.165, 1.54) is 6.07 Å². The van der Waals surface area contributed by atoms with Crippen LogP contribution in [0.1, 0.15) is 11.1 Å². The highest BCUT2D eigenvalue weighted by Gasteiger charge is 2.25. The lowest BCUT2D eigenvalue weighted by molar-refractivity contribution is -0.384. The second kappa shape index (κ2) is 8.70.